The molecule has 0 N–H and O–H groups in total. The molecule has 1 atom stereocenters. The Morgan fingerprint density at radius 3 is 2.62 bits per heavy atom. The van der Waals surface area contributed by atoms with Crippen LogP contribution in [0, 0.1) is 5.92 Å². The minimum absolute atomic E-state index is 0.201. The van der Waals surface area contributed by atoms with Crippen LogP contribution in [0.25, 0.3) is 0 Å². The van der Waals surface area contributed by atoms with E-state index < -0.39 is 0 Å². The summed E-state index contributed by atoms with van der Waals surface area (Å²) >= 11 is 0. The summed E-state index contributed by atoms with van der Waals surface area (Å²) in [6.07, 6.45) is 7.34. The highest BCUT2D eigenvalue weighted by Crippen LogP contribution is 2.37. The Morgan fingerprint density at radius 2 is 1.88 bits per heavy atom. The lowest BCUT2D eigenvalue weighted by atomic mass is 9.87. The number of likely N-dealkylation sites (tertiary alicyclic amines) is 1. The highest BCUT2D eigenvalue weighted by Gasteiger charge is 2.36. The predicted molar refractivity (Wildman–Crippen MR) is 101 cm³/mol. The van der Waals surface area contributed by atoms with E-state index in [1.165, 1.54) is 11.4 Å². The fourth-order valence-corrected chi connectivity index (χ4v) is 4.56. The van der Waals surface area contributed by atoms with Gasteiger partial charge < -0.3 is 9.47 Å². The van der Waals surface area contributed by atoms with E-state index in [0.717, 1.165) is 52.0 Å². The van der Waals surface area contributed by atoms with E-state index in [-0.39, 0.29) is 5.91 Å². The van der Waals surface area contributed by atoms with Crippen LogP contribution >= 0.6 is 0 Å². The summed E-state index contributed by atoms with van der Waals surface area (Å²) in [5, 5.41) is 0. The molecule has 138 valence electrons. The van der Waals surface area contributed by atoms with Crippen LogP contribution in [0.4, 0.5) is 0 Å². The third-order valence-corrected chi connectivity index (χ3v) is 5.91. The predicted octanol–water partition coefficient (Wildman–Crippen LogP) is 3.09. The topological polar surface area (TPSA) is 41.4 Å². The molecular formula is C21H28N4O. The molecule has 4 rings (SSSR count). The zero-order valence-electron chi connectivity index (χ0n) is 15.6. The highest BCUT2D eigenvalue weighted by molar-refractivity contribution is 5.73. The molecule has 2 aromatic rings. The Hall–Kier alpha value is -2.14. The maximum atomic E-state index is 11.7. The summed E-state index contributed by atoms with van der Waals surface area (Å²) in [5.41, 5.74) is 1.36. The van der Waals surface area contributed by atoms with Crippen molar-refractivity contribution in [2.75, 3.05) is 19.6 Å². The average Bonchev–Trinajstić information content (AvgIpc) is 3.04. The number of rotatable bonds is 3. The first kappa shape index (κ1) is 17.3. The monoisotopic (exact) mass is 352 g/mol. The molecule has 0 spiro atoms. The van der Waals surface area contributed by atoms with E-state index in [1.54, 1.807) is 6.92 Å². The number of hydrogen-bond donors (Lipinski definition) is 0. The third kappa shape index (κ3) is 3.54. The highest BCUT2D eigenvalue weighted by atomic mass is 16.2. The molecule has 1 unspecified atom stereocenters. The molecule has 0 saturated carbocycles. The van der Waals surface area contributed by atoms with E-state index >= 15 is 0 Å². The quantitative estimate of drug-likeness (QED) is 0.852. The van der Waals surface area contributed by atoms with Crippen LogP contribution in [-0.2, 0) is 17.9 Å². The number of aromatic nitrogens is 2. The van der Waals surface area contributed by atoms with Gasteiger partial charge in [-0.3, -0.25) is 9.69 Å². The molecule has 3 heterocycles. The van der Waals surface area contributed by atoms with Crippen molar-refractivity contribution in [1.29, 1.82) is 0 Å². The number of fused-ring (bicyclic) bond motifs is 1. The second-order valence-electron chi connectivity index (χ2n) is 7.58. The first-order chi connectivity index (χ1) is 12.7. The Balaban J connectivity index is 1.59. The molecule has 0 bridgehead atoms. The lowest BCUT2D eigenvalue weighted by Gasteiger charge is -2.40. The van der Waals surface area contributed by atoms with Crippen LogP contribution in [-0.4, -0.2) is 44.9 Å². The van der Waals surface area contributed by atoms with Gasteiger partial charge in [0, 0.05) is 52.0 Å². The van der Waals surface area contributed by atoms with E-state index in [9.17, 15) is 4.79 Å². The lowest BCUT2D eigenvalue weighted by molar-refractivity contribution is -0.130. The zero-order chi connectivity index (χ0) is 17.9. The van der Waals surface area contributed by atoms with Crippen LogP contribution in [0.1, 0.15) is 43.6 Å². The van der Waals surface area contributed by atoms with E-state index in [0.29, 0.717) is 12.0 Å². The second kappa shape index (κ2) is 7.62. The van der Waals surface area contributed by atoms with Crippen LogP contribution < -0.4 is 0 Å². The van der Waals surface area contributed by atoms with Crippen LogP contribution in [0.3, 0.4) is 0 Å². The SMILES string of the molecule is CC(=O)N1CCC(C2c3nccn3CCCN2Cc2ccccc2)CC1. The summed E-state index contributed by atoms with van der Waals surface area (Å²) in [5.74, 6) is 1.96. The van der Waals surface area contributed by atoms with Gasteiger partial charge >= 0.3 is 0 Å². The Kier molecular flexibility index (Phi) is 5.07. The van der Waals surface area contributed by atoms with Gasteiger partial charge in [0.25, 0.3) is 0 Å². The van der Waals surface area contributed by atoms with Gasteiger partial charge in [-0.05, 0) is 30.7 Å². The van der Waals surface area contributed by atoms with Crippen molar-refractivity contribution >= 4 is 5.91 Å². The first-order valence-corrected chi connectivity index (χ1v) is 9.77. The molecule has 2 aliphatic heterocycles. The zero-order valence-corrected chi connectivity index (χ0v) is 15.6. The summed E-state index contributed by atoms with van der Waals surface area (Å²) in [6, 6.07) is 11.1. The fraction of sp³-hybridized carbons (Fsp3) is 0.524. The maximum absolute atomic E-state index is 11.7. The lowest BCUT2D eigenvalue weighted by Crippen LogP contribution is -2.42. The second-order valence-corrected chi connectivity index (χ2v) is 7.58. The fourth-order valence-electron chi connectivity index (χ4n) is 4.56. The summed E-state index contributed by atoms with van der Waals surface area (Å²) in [7, 11) is 0. The van der Waals surface area contributed by atoms with E-state index in [2.05, 4.69) is 46.0 Å². The minimum atomic E-state index is 0.201. The molecule has 1 aromatic heterocycles. The summed E-state index contributed by atoms with van der Waals surface area (Å²) < 4.78 is 2.34. The van der Waals surface area contributed by atoms with Crippen molar-refractivity contribution < 1.29 is 4.79 Å². The molecule has 5 heteroatoms. The van der Waals surface area contributed by atoms with Crippen molar-refractivity contribution in [2.45, 2.75) is 45.3 Å². The molecule has 2 aliphatic rings. The van der Waals surface area contributed by atoms with Gasteiger partial charge in [-0.25, -0.2) is 4.98 Å². The van der Waals surface area contributed by atoms with E-state index in [4.69, 9.17) is 4.98 Å². The molecule has 1 amide bonds. The number of carbonyl (C=O) groups is 1. The normalized spacial score (nSPS) is 22.0. The van der Waals surface area contributed by atoms with Crippen molar-refractivity contribution in [3.63, 3.8) is 0 Å². The van der Waals surface area contributed by atoms with Gasteiger partial charge in [0.1, 0.15) is 5.82 Å². The van der Waals surface area contributed by atoms with Crippen LogP contribution in [0.5, 0.6) is 0 Å². The first-order valence-electron chi connectivity index (χ1n) is 9.77. The third-order valence-electron chi connectivity index (χ3n) is 5.91. The Bertz CT molecular complexity index is 733. The van der Waals surface area contributed by atoms with Crippen molar-refractivity contribution in [2.24, 2.45) is 5.92 Å². The number of carbonyl (C=O) groups excluding carboxylic acids is 1. The van der Waals surface area contributed by atoms with Gasteiger partial charge in [-0.1, -0.05) is 30.3 Å². The molecule has 26 heavy (non-hydrogen) atoms. The van der Waals surface area contributed by atoms with Gasteiger partial charge in [0.2, 0.25) is 5.91 Å². The number of amides is 1. The van der Waals surface area contributed by atoms with Gasteiger partial charge in [0.15, 0.2) is 0 Å². The standard InChI is InChI=1S/C21H28N4O/c1-17(26)23-13-8-19(9-14-23)20-21-22-10-15-24(21)11-5-12-25(20)16-18-6-3-2-4-7-18/h2-4,6-7,10,15,19-20H,5,8-9,11-14,16H2,1H3. The Labute approximate surface area is 155 Å². The van der Waals surface area contributed by atoms with Gasteiger partial charge in [-0.2, -0.15) is 0 Å². The molecule has 0 radical (unpaired) electrons. The van der Waals surface area contributed by atoms with Gasteiger partial charge in [-0.15, -0.1) is 0 Å². The van der Waals surface area contributed by atoms with Crippen molar-refractivity contribution in [1.82, 2.24) is 19.4 Å². The number of nitrogens with zero attached hydrogens (tertiary/aromatic N) is 4. The number of imidazole rings is 1. The number of aryl methyl sites for hydroxylation is 1. The maximum Gasteiger partial charge on any atom is 0.219 e. The largest absolute Gasteiger partial charge is 0.343 e. The van der Waals surface area contributed by atoms with Gasteiger partial charge in [0.05, 0.1) is 6.04 Å². The van der Waals surface area contributed by atoms with Crippen molar-refractivity contribution in [3.8, 4) is 0 Å². The minimum Gasteiger partial charge on any atom is -0.343 e. The average molecular weight is 352 g/mol. The molecule has 1 saturated heterocycles. The molecule has 0 aliphatic carbocycles. The van der Waals surface area contributed by atoms with Crippen LogP contribution in [0.2, 0.25) is 0 Å². The van der Waals surface area contributed by atoms with Crippen LogP contribution in [0.15, 0.2) is 42.7 Å². The Morgan fingerprint density at radius 1 is 1.12 bits per heavy atom. The molecular weight excluding hydrogens is 324 g/mol. The molecule has 5 nitrogen and oxygen atoms in total. The molecule has 1 aromatic carbocycles. The summed E-state index contributed by atoms with van der Waals surface area (Å²) in [4.78, 5) is 21.1. The number of benzene rings is 1. The van der Waals surface area contributed by atoms with Crippen molar-refractivity contribution in [3.05, 3.63) is 54.1 Å². The number of piperidine rings is 1. The number of hydrogen-bond acceptors (Lipinski definition) is 3. The smallest absolute Gasteiger partial charge is 0.219 e. The molecule has 1 fully saturated rings. The van der Waals surface area contributed by atoms with E-state index in [1.807, 2.05) is 11.1 Å². The summed E-state index contributed by atoms with van der Waals surface area (Å²) in [6.45, 7) is 6.53.